The molecule has 1 N–H and O–H groups in total. The number of nitrogens with one attached hydrogen (secondary N) is 1. The minimum Gasteiger partial charge on any atom is -0.494 e. The van der Waals surface area contributed by atoms with Crippen molar-refractivity contribution in [1.29, 1.82) is 0 Å². The molecule has 3 heterocycles. The van der Waals surface area contributed by atoms with Crippen LogP contribution >= 0.6 is 0 Å². The highest BCUT2D eigenvalue weighted by Crippen LogP contribution is 2.38. The second-order valence-electron chi connectivity index (χ2n) is 11.4. The summed E-state index contributed by atoms with van der Waals surface area (Å²) < 4.78 is 81.1. The van der Waals surface area contributed by atoms with E-state index in [1.54, 1.807) is 19.9 Å². The molecular weight excluding hydrogens is 581 g/mol. The Morgan fingerprint density at radius 3 is 2.34 bits per heavy atom. The lowest BCUT2D eigenvalue weighted by Crippen LogP contribution is -2.47. The normalized spacial score (nSPS) is 20.2. The first-order valence-electron chi connectivity index (χ1n) is 14.9. The van der Waals surface area contributed by atoms with Crippen LogP contribution in [0, 0.1) is 24.5 Å². The van der Waals surface area contributed by atoms with Gasteiger partial charge < -0.3 is 19.5 Å². The van der Waals surface area contributed by atoms with E-state index in [9.17, 15) is 13.2 Å². The molecule has 2 atom stereocenters. The lowest BCUT2D eigenvalue weighted by Gasteiger charge is -2.36. The van der Waals surface area contributed by atoms with Crippen LogP contribution in [-0.4, -0.2) is 87.4 Å². The van der Waals surface area contributed by atoms with Crippen LogP contribution in [0.4, 0.5) is 27.9 Å². The smallest absolute Gasteiger partial charge is 0.397 e. The summed E-state index contributed by atoms with van der Waals surface area (Å²) in [5.41, 5.74) is 0.951. The van der Waals surface area contributed by atoms with Gasteiger partial charge in [-0.3, -0.25) is 4.90 Å². The Morgan fingerprint density at radius 1 is 1.00 bits per heavy atom. The number of benzene rings is 1. The number of alkyl halides is 3. The number of halogens is 5. The molecule has 0 saturated carbocycles. The molecule has 1 fully saturated rings. The number of rotatable bonds is 9. The van der Waals surface area contributed by atoms with E-state index in [2.05, 4.69) is 37.0 Å². The molecule has 0 spiro atoms. The van der Waals surface area contributed by atoms with Gasteiger partial charge in [0.2, 0.25) is 5.95 Å². The Balaban J connectivity index is 1.46. The molecule has 0 bridgehead atoms. The van der Waals surface area contributed by atoms with Gasteiger partial charge in [0.25, 0.3) is 0 Å². The highest BCUT2D eigenvalue weighted by Gasteiger charge is 2.45. The number of hydrogen-bond donors (Lipinski definition) is 1. The maximum absolute atomic E-state index is 15.1. The Bertz CT molecular complexity index is 1560. The molecule has 2 aliphatic rings. The van der Waals surface area contributed by atoms with E-state index >= 15 is 8.78 Å². The van der Waals surface area contributed by atoms with Crippen molar-refractivity contribution in [2.45, 2.75) is 52.9 Å². The zero-order valence-corrected chi connectivity index (χ0v) is 25.5. The van der Waals surface area contributed by atoms with Crippen LogP contribution in [-0.2, 0) is 4.74 Å². The molecule has 1 saturated heterocycles. The van der Waals surface area contributed by atoms with Gasteiger partial charge in [0.15, 0.2) is 11.6 Å². The topological polar surface area (TPSA) is 71.3 Å². The van der Waals surface area contributed by atoms with Crippen LogP contribution < -0.4 is 5.32 Å². The maximum Gasteiger partial charge on any atom is 0.397 e. The molecule has 1 aliphatic heterocycles. The monoisotopic (exact) mass is 619 g/mol. The predicted molar refractivity (Wildman–Crippen MR) is 159 cm³/mol. The lowest BCUT2D eigenvalue weighted by atomic mass is 9.89. The van der Waals surface area contributed by atoms with Crippen molar-refractivity contribution in [1.82, 2.24) is 29.3 Å². The van der Waals surface area contributed by atoms with Crippen molar-refractivity contribution in [2.75, 3.05) is 51.2 Å². The van der Waals surface area contributed by atoms with Gasteiger partial charge in [-0.25, -0.2) is 23.7 Å². The molecule has 0 radical (unpaired) electrons. The lowest BCUT2D eigenvalue weighted by molar-refractivity contribution is -0.162. The quantitative estimate of drug-likeness (QED) is 0.290. The zero-order valence-electron chi connectivity index (χ0n) is 25.5. The van der Waals surface area contributed by atoms with Crippen molar-refractivity contribution in [3.05, 3.63) is 59.3 Å². The molecule has 8 nitrogen and oxygen atoms in total. The van der Waals surface area contributed by atoms with Crippen LogP contribution in [0.3, 0.4) is 0 Å². The summed E-state index contributed by atoms with van der Waals surface area (Å²) in [5.74, 6) is -2.68. The fourth-order valence-electron chi connectivity index (χ4n) is 5.98. The fraction of sp³-hybridized carbons (Fsp3) is 0.516. The average Bonchev–Trinajstić information content (AvgIpc) is 3.31. The third-order valence-corrected chi connectivity index (χ3v) is 8.15. The van der Waals surface area contributed by atoms with E-state index in [1.165, 1.54) is 12.2 Å². The van der Waals surface area contributed by atoms with Crippen molar-refractivity contribution >= 4 is 17.0 Å². The summed E-state index contributed by atoms with van der Waals surface area (Å²) >= 11 is 0. The van der Waals surface area contributed by atoms with Gasteiger partial charge in [0.05, 0.1) is 30.3 Å². The van der Waals surface area contributed by atoms with Crippen molar-refractivity contribution in [3.8, 4) is 11.3 Å². The molecule has 13 heteroatoms. The number of ether oxygens (including phenoxy) is 1. The Morgan fingerprint density at radius 2 is 1.70 bits per heavy atom. The number of imidazole rings is 1. The number of anilines is 1. The van der Waals surface area contributed by atoms with Crippen molar-refractivity contribution in [2.24, 2.45) is 5.92 Å². The number of hydrogen-bond acceptors (Lipinski definition) is 7. The second kappa shape index (κ2) is 12.8. The van der Waals surface area contributed by atoms with Gasteiger partial charge in [-0.15, -0.1) is 0 Å². The number of aryl methyl sites for hydroxylation is 1. The molecule has 1 aromatic carbocycles. The van der Waals surface area contributed by atoms with E-state index < -0.39 is 29.8 Å². The first-order valence-corrected chi connectivity index (χ1v) is 14.9. The molecule has 0 amide bonds. The standard InChI is InChI=1S/C31H38F5N7O/c1-6-41-8-10-42(11-9-41)17-21-12-22(31(34,35)36)25(15-27(21)44-7-2)39-30-37-16-24(33)28(40-30)20-13-23(32)29-26(14-20)43(18(3)4)19(5)38-29/h12-16,18,22,25H,6-11,17H2,1-5H3,(H,37,39,40). The number of nitrogens with zero attached hydrogens (tertiary/aromatic N) is 6. The third-order valence-electron chi connectivity index (χ3n) is 8.15. The molecule has 2 unspecified atom stereocenters. The minimum atomic E-state index is -4.60. The molecule has 1 aliphatic carbocycles. The molecular formula is C31H38F5N7O. The number of likely N-dealkylation sites (N-methyl/N-ethyl adjacent to an activating group) is 1. The van der Waals surface area contributed by atoms with Crippen LogP contribution in [0.5, 0.6) is 0 Å². The van der Waals surface area contributed by atoms with Gasteiger partial charge in [-0.2, -0.15) is 13.2 Å². The summed E-state index contributed by atoms with van der Waals surface area (Å²) in [5, 5.41) is 2.74. The van der Waals surface area contributed by atoms with Crippen molar-refractivity contribution < 1.29 is 26.7 Å². The maximum atomic E-state index is 15.1. The number of fused-ring (bicyclic) bond motifs is 1. The van der Waals surface area contributed by atoms with Crippen LogP contribution in [0.2, 0.25) is 0 Å². The predicted octanol–water partition coefficient (Wildman–Crippen LogP) is 6.12. The van der Waals surface area contributed by atoms with Crippen LogP contribution in [0.15, 0.2) is 41.8 Å². The second-order valence-corrected chi connectivity index (χ2v) is 11.4. The summed E-state index contributed by atoms with van der Waals surface area (Å²) in [6, 6.07) is 1.34. The van der Waals surface area contributed by atoms with Crippen LogP contribution in [0.25, 0.3) is 22.3 Å². The van der Waals surface area contributed by atoms with Gasteiger partial charge >= 0.3 is 6.18 Å². The molecule has 44 heavy (non-hydrogen) atoms. The third kappa shape index (κ3) is 6.58. The molecule has 5 rings (SSSR count). The molecule has 2 aromatic heterocycles. The summed E-state index contributed by atoms with van der Waals surface area (Å²) in [6.45, 7) is 14.2. The largest absolute Gasteiger partial charge is 0.494 e. The SMILES string of the molecule is CCOC1=CC(Nc2ncc(F)c(-c3cc(F)c4nc(C)n(C(C)C)c4c3)n2)C(C(F)(F)F)C=C1CN1CCN(CC)CC1. The van der Waals surface area contributed by atoms with Gasteiger partial charge in [-0.05, 0) is 52.4 Å². The van der Waals surface area contributed by atoms with E-state index in [0.717, 1.165) is 45.0 Å². The van der Waals surface area contributed by atoms with Gasteiger partial charge in [-0.1, -0.05) is 13.0 Å². The summed E-state index contributed by atoms with van der Waals surface area (Å²) in [4.78, 5) is 16.9. The molecule has 3 aromatic rings. The number of aromatic nitrogens is 4. The fourth-order valence-corrected chi connectivity index (χ4v) is 5.98. The Hall–Kier alpha value is -3.58. The molecule has 238 valence electrons. The van der Waals surface area contributed by atoms with E-state index in [1.807, 2.05) is 18.4 Å². The van der Waals surface area contributed by atoms with E-state index in [4.69, 9.17) is 4.74 Å². The Kier molecular flexibility index (Phi) is 9.26. The summed E-state index contributed by atoms with van der Waals surface area (Å²) in [6.07, 6.45) is -1.12. The number of piperazine rings is 1. The highest BCUT2D eigenvalue weighted by molar-refractivity contribution is 5.83. The summed E-state index contributed by atoms with van der Waals surface area (Å²) in [7, 11) is 0. The zero-order chi connectivity index (χ0) is 31.8. The van der Waals surface area contributed by atoms with Gasteiger partial charge in [0, 0.05) is 49.9 Å². The van der Waals surface area contributed by atoms with Crippen molar-refractivity contribution in [3.63, 3.8) is 0 Å². The van der Waals surface area contributed by atoms with E-state index in [0.29, 0.717) is 29.2 Å². The minimum absolute atomic E-state index is 0.0436. The first kappa shape index (κ1) is 31.8. The Labute approximate surface area is 253 Å². The van der Waals surface area contributed by atoms with Crippen LogP contribution in [0.1, 0.15) is 39.6 Å². The van der Waals surface area contributed by atoms with E-state index in [-0.39, 0.29) is 35.4 Å². The van der Waals surface area contributed by atoms with Gasteiger partial charge in [0.1, 0.15) is 22.8 Å². The highest BCUT2D eigenvalue weighted by atomic mass is 19.4. The first-order chi connectivity index (χ1) is 20.9. The average molecular weight is 620 g/mol.